The van der Waals surface area contributed by atoms with Gasteiger partial charge in [-0.15, -0.1) is 0 Å². The summed E-state index contributed by atoms with van der Waals surface area (Å²) in [7, 11) is 0. The first-order valence-electron chi connectivity index (χ1n) is 6.80. The summed E-state index contributed by atoms with van der Waals surface area (Å²) in [5.41, 5.74) is 5.10. The molecule has 3 aromatic rings. The second-order valence-electron chi connectivity index (χ2n) is 4.85. The first-order chi connectivity index (χ1) is 11.1. The normalized spacial score (nSPS) is 11.0. The zero-order valence-corrected chi connectivity index (χ0v) is 12.9. The van der Waals surface area contributed by atoms with Gasteiger partial charge in [-0.2, -0.15) is 5.10 Å². The van der Waals surface area contributed by atoms with Crippen molar-refractivity contribution in [3.05, 3.63) is 64.8 Å². The Morgan fingerprint density at radius 2 is 2.17 bits per heavy atom. The first kappa shape index (κ1) is 15.1. The van der Waals surface area contributed by atoms with Gasteiger partial charge in [0.2, 0.25) is 0 Å². The average molecular weight is 326 g/mol. The second kappa shape index (κ2) is 6.50. The maximum absolute atomic E-state index is 11.8. The number of hydrazone groups is 1. The lowest BCUT2D eigenvalue weighted by Gasteiger charge is -2.03. The molecule has 1 N–H and O–H groups in total. The maximum Gasteiger partial charge on any atom is 0.291 e. The van der Waals surface area contributed by atoms with E-state index in [1.54, 1.807) is 0 Å². The summed E-state index contributed by atoms with van der Waals surface area (Å²) in [6.07, 6.45) is 5.73. The van der Waals surface area contributed by atoms with E-state index in [-0.39, 0.29) is 5.69 Å². The number of pyridine rings is 1. The Morgan fingerprint density at radius 1 is 1.30 bits per heavy atom. The number of benzene rings is 1. The fraction of sp³-hybridized carbons (Fsp3) is 0.0625. The van der Waals surface area contributed by atoms with Crippen LogP contribution in [-0.4, -0.2) is 27.1 Å². The van der Waals surface area contributed by atoms with Crippen molar-refractivity contribution in [1.29, 1.82) is 0 Å². The number of nitrogens with one attached hydrogen (secondary N) is 1. The van der Waals surface area contributed by atoms with Gasteiger partial charge in [0.05, 0.1) is 17.9 Å². The SMILES string of the molecule is Cc1ccc2cc(C=NNC(=O)c3cnccn3)c(Cl)nc2c1. The molecule has 1 aromatic carbocycles. The highest BCUT2D eigenvalue weighted by Gasteiger charge is 2.06. The molecule has 0 aliphatic carbocycles. The van der Waals surface area contributed by atoms with E-state index in [0.717, 1.165) is 16.5 Å². The highest BCUT2D eigenvalue weighted by atomic mass is 35.5. The summed E-state index contributed by atoms with van der Waals surface area (Å²) in [6, 6.07) is 7.78. The van der Waals surface area contributed by atoms with E-state index >= 15 is 0 Å². The van der Waals surface area contributed by atoms with Gasteiger partial charge in [0.15, 0.2) is 0 Å². The number of carbonyl (C=O) groups excluding carboxylic acids is 1. The van der Waals surface area contributed by atoms with Crippen LogP contribution >= 0.6 is 11.6 Å². The molecule has 23 heavy (non-hydrogen) atoms. The molecule has 7 heteroatoms. The predicted octanol–water partition coefficient (Wildman–Crippen LogP) is 2.75. The van der Waals surface area contributed by atoms with Gasteiger partial charge < -0.3 is 0 Å². The molecule has 0 saturated heterocycles. The molecular formula is C16H12ClN5O. The minimum atomic E-state index is -0.449. The number of hydrogen-bond acceptors (Lipinski definition) is 5. The monoisotopic (exact) mass is 325 g/mol. The molecule has 0 spiro atoms. The van der Waals surface area contributed by atoms with Crippen molar-refractivity contribution in [3.63, 3.8) is 0 Å². The van der Waals surface area contributed by atoms with Crippen LogP contribution in [-0.2, 0) is 0 Å². The van der Waals surface area contributed by atoms with Crippen LogP contribution in [0.5, 0.6) is 0 Å². The number of hydrogen-bond donors (Lipinski definition) is 1. The van der Waals surface area contributed by atoms with Crippen LogP contribution in [0.1, 0.15) is 21.6 Å². The zero-order valence-electron chi connectivity index (χ0n) is 12.2. The van der Waals surface area contributed by atoms with Crippen molar-refractivity contribution in [3.8, 4) is 0 Å². The van der Waals surface area contributed by atoms with Crippen LogP contribution in [0.3, 0.4) is 0 Å². The zero-order chi connectivity index (χ0) is 16.2. The Morgan fingerprint density at radius 3 is 2.96 bits per heavy atom. The summed E-state index contributed by atoms with van der Waals surface area (Å²) in [5, 5.41) is 5.15. The molecule has 0 aliphatic heterocycles. The fourth-order valence-corrected chi connectivity index (χ4v) is 2.19. The van der Waals surface area contributed by atoms with Crippen molar-refractivity contribution in [2.24, 2.45) is 5.10 Å². The molecule has 0 radical (unpaired) electrons. The highest BCUT2D eigenvalue weighted by Crippen LogP contribution is 2.20. The van der Waals surface area contributed by atoms with Crippen molar-refractivity contribution in [2.75, 3.05) is 0 Å². The number of aromatic nitrogens is 3. The van der Waals surface area contributed by atoms with Gasteiger partial charge in [0, 0.05) is 23.3 Å². The van der Waals surface area contributed by atoms with Gasteiger partial charge in [-0.3, -0.25) is 9.78 Å². The maximum atomic E-state index is 11.8. The lowest BCUT2D eigenvalue weighted by Crippen LogP contribution is -2.19. The fourth-order valence-electron chi connectivity index (χ4n) is 1.99. The average Bonchev–Trinajstić information content (AvgIpc) is 2.56. The number of rotatable bonds is 3. The molecule has 0 aliphatic rings. The number of amides is 1. The van der Waals surface area contributed by atoms with Crippen molar-refractivity contribution in [2.45, 2.75) is 6.92 Å². The number of carbonyl (C=O) groups is 1. The number of fused-ring (bicyclic) bond motifs is 1. The summed E-state index contributed by atoms with van der Waals surface area (Å²) < 4.78 is 0. The standard InChI is InChI=1S/C16H12ClN5O/c1-10-2-3-11-7-12(15(17)21-13(11)6-10)8-20-22-16(23)14-9-18-4-5-19-14/h2-9H,1H3,(H,22,23). The minimum Gasteiger partial charge on any atom is -0.265 e. The second-order valence-corrected chi connectivity index (χ2v) is 5.21. The lowest BCUT2D eigenvalue weighted by molar-refractivity contribution is 0.0949. The molecule has 0 atom stereocenters. The number of halogens is 1. The van der Waals surface area contributed by atoms with Crippen molar-refractivity contribution < 1.29 is 4.79 Å². The summed E-state index contributed by atoms with van der Waals surface area (Å²) in [6.45, 7) is 1.99. The molecule has 2 heterocycles. The van der Waals surface area contributed by atoms with Gasteiger partial charge in [-0.1, -0.05) is 23.7 Å². The third-order valence-electron chi connectivity index (χ3n) is 3.12. The van der Waals surface area contributed by atoms with E-state index in [9.17, 15) is 4.79 Å². The highest BCUT2D eigenvalue weighted by molar-refractivity contribution is 6.32. The molecule has 2 aromatic heterocycles. The van der Waals surface area contributed by atoms with E-state index in [2.05, 4.69) is 25.5 Å². The van der Waals surface area contributed by atoms with Gasteiger partial charge in [0.25, 0.3) is 5.91 Å². The Bertz CT molecular complexity index is 896. The molecule has 0 saturated carbocycles. The molecule has 3 rings (SSSR count). The molecule has 0 unspecified atom stereocenters. The van der Waals surface area contributed by atoms with Crippen LogP contribution in [0.15, 0.2) is 48.0 Å². The van der Waals surface area contributed by atoms with E-state index in [4.69, 9.17) is 11.6 Å². The smallest absolute Gasteiger partial charge is 0.265 e. The minimum absolute atomic E-state index is 0.183. The van der Waals surface area contributed by atoms with Gasteiger partial charge in [-0.05, 0) is 24.6 Å². The van der Waals surface area contributed by atoms with E-state index < -0.39 is 5.91 Å². The molecule has 0 bridgehead atoms. The first-order valence-corrected chi connectivity index (χ1v) is 7.17. The number of nitrogens with zero attached hydrogens (tertiary/aromatic N) is 4. The summed E-state index contributed by atoms with van der Waals surface area (Å²) >= 11 is 6.15. The third-order valence-corrected chi connectivity index (χ3v) is 3.42. The molecular weight excluding hydrogens is 314 g/mol. The lowest BCUT2D eigenvalue weighted by atomic mass is 10.1. The van der Waals surface area contributed by atoms with E-state index in [0.29, 0.717) is 10.7 Å². The van der Waals surface area contributed by atoms with Crippen molar-refractivity contribution >= 4 is 34.6 Å². The van der Waals surface area contributed by atoms with E-state index in [1.165, 1.54) is 24.8 Å². The molecule has 0 fully saturated rings. The molecule has 1 amide bonds. The number of aryl methyl sites for hydroxylation is 1. The third kappa shape index (κ3) is 3.49. The Balaban J connectivity index is 1.79. The Kier molecular flexibility index (Phi) is 4.25. The quantitative estimate of drug-likeness (QED) is 0.456. The summed E-state index contributed by atoms with van der Waals surface area (Å²) in [4.78, 5) is 23.8. The van der Waals surface area contributed by atoms with Crippen LogP contribution in [0, 0.1) is 6.92 Å². The van der Waals surface area contributed by atoms with Crippen LogP contribution in [0.4, 0.5) is 0 Å². The topological polar surface area (TPSA) is 80.1 Å². The van der Waals surface area contributed by atoms with Crippen molar-refractivity contribution in [1.82, 2.24) is 20.4 Å². The largest absolute Gasteiger partial charge is 0.291 e. The van der Waals surface area contributed by atoms with Gasteiger partial charge in [0.1, 0.15) is 10.8 Å². The van der Waals surface area contributed by atoms with Crippen LogP contribution in [0.25, 0.3) is 10.9 Å². The van der Waals surface area contributed by atoms with E-state index in [1.807, 2.05) is 31.2 Å². The van der Waals surface area contributed by atoms with Crippen LogP contribution < -0.4 is 5.43 Å². The molecule has 6 nitrogen and oxygen atoms in total. The Hall–Kier alpha value is -2.86. The van der Waals surface area contributed by atoms with Gasteiger partial charge in [-0.25, -0.2) is 15.4 Å². The van der Waals surface area contributed by atoms with Crippen LogP contribution in [0.2, 0.25) is 5.15 Å². The Labute approximate surface area is 137 Å². The molecule has 114 valence electrons. The van der Waals surface area contributed by atoms with Gasteiger partial charge >= 0.3 is 0 Å². The predicted molar refractivity (Wildman–Crippen MR) is 88.6 cm³/mol. The summed E-state index contributed by atoms with van der Waals surface area (Å²) in [5.74, 6) is -0.449.